The van der Waals surface area contributed by atoms with E-state index in [0.29, 0.717) is 17.9 Å². The monoisotopic (exact) mass is 232 g/mol. The van der Waals surface area contributed by atoms with Crippen LogP contribution in [0.2, 0.25) is 0 Å². The number of carbonyl (C=O) groups excluding carboxylic acids is 1. The summed E-state index contributed by atoms with van der Waals surface area (Å²) < 4.78 is 5.16. The minimum Gasteiger partial charge on any atom is -0.495 e. The molecule has 17 heavy (non-hydrogen) atoms. The molecule has 4 nitrogen and oxygen atoms in total. The first-order valence-electron chi connectivity index (χ1n) is 5.49. The summed E-state index contributed by atoms with van der Waals surface area (Å²) in [5.74, 6) is 0.515. The van der Waals surface area contributed by atoms with Gasteiger partial charge >= 0.3 is 0 Å². The van der Waals surface area contributed by atoms with Crippen LogP contribution in [0.3, 0.4) is 0 Å². The third-order valence-electron chi connectivity index (χ3n) is 2.33. The number of anilines is 1. The summed E-state index contributed by atoms with van der Waals surface area (Å²) >= 11 is 0. The third kappa shape index (κ3) is 4.15. The summed E-state index contributed by atoms with van der Waals surface area (Å²) in [7, 11) is 1.57. The first kappa shape index (κ1) is 13.0. The summed E-state index contributed by atoms with van der Waals surface area (Å²) in [6.45, 7) is 1.46. The Labute approximate surface area is 101 Å². The van der Waals surface area contributed by atoms with Gasteiger partial charge in [-0.2, -0.15) is 5.26 Å². The Kier molecular flexibility index (Phi) is 5.02. The van der Waals surface area contributed by atoms with Crippen LogP contribution < -0.4 is 10.1 Å². The largest absolute Gasteiger partial charge is 0.495 e. The highest BCUT2D eigenvalue weighted by Gasteiger charge is 2.05. The van der Waals surface area contributed by atoms with Gasteiger partial charge in [0.15, 0.2) is 0 Å². The zero-order valence-corrected chi connectivity index (χ0v) is 10.1. The zero-order valence-electron chi connectivity index (χ0n) is 10.1. The molecular formula is C13H16N2O2. The van der Waals surface area contributed by atoms with Crippen molar-refractivity contribution in [2.45, 2.75) is 26.2 Å². The van der Waals surface area contributed by atoms with Crippen molar-refractivity contribution in [3.8, 4) is 11.8 Å². The number of nitrogens with zero attached hydrogens (tertiary/aromatic N) is 1. The molecule has 90 valence electrons. The van der Waals surface area contributed by atoms with Crippen molar-refractivity contribution in [2.24, 2.45) is 0 Å². The number of nitrogens with one attached hydrogen (secondary N) is 1. The maximum atomic E-state index is 11.0. The number of aryl methyl sites for hydroxylation is 1. The molecule has 0 saturated carbocycles. The van der Waals surface area contributed by atoms with Crippen LogP contribution in [0.25, 0.3) is 0 Å². The Morgan fingerprint density at radius 3 is 2.88 bits per heavy atom. The summed E-state index contributed by atoms with van der Waals surface area (Å²) in [6, 6.07) is 7.77. The van der Waals surface area contributed by atoms with Crippen LogP contribution in [0, 0.1) is 11.3 Å². The van der Waals surface area contributed by atoms with E-state index in [0.717, 1.165) is 18.4 Å². The maximum Gasteiger partial charge on any atom is 0.221 e. The van der Waals surface area contributed by atoms with E-state index in [1.165, 1.54) is 6.92 Å². The van der Waals surface area contributed by atoms with Crippen molar-refractivity contribution < 1.29 is 9.53 Å². The number of hydrogen-bond donors (Lipinski definition) is 1. The summed E-state index contributed by atoms with van der Waals surface area (Å²) in [5, 5.41) is 11.2. The van der Waals surface area contributed by atoms with Crippen LogP contribution in [0.1, 0.15) is 25.3 Å². The molecule has 0 bridgehead atoms. The van der Waals surface area contributed by atoms with Crippen LogP contribution in [0.15, 0.2) is 18.2 Å². The van der Waals surface area contributed by atoms with Gasteiger partial charge < -0.3 is 10.1 Å². The molecule has 0 aromatic heterocycles. The fraction of sp³-hybridized carbons (Fsp3) is 0.385. The molecule has 0 aliphatic carbocycles. The average Bonchev–Trinajstić information content (AvgIpc) is 2.29. The van der Waals surface area contributed by atoms with Gasteiger partial charge in [-0.1, -0.05) is 6.07 Å². The van der Waals surface area contributed by atoms with Gasteiger partial charge in [0.25, 0.3) is 0 Å². The number of rotatable bonds is 5. The lowest BCUT2D eigenvalue weighted by atomic mass is 10.1. The van der Waals surface area contributed by atoms with Crippen molar-refractivity contribution in [2.75, 3.05) is 12.4 Å². The van der Waals surface area contributed by atoms with Gasteiger partial charge in [-0.3, -0.25) is 4.79 Å². The predicted octanol–water partition coefficient (Wildman–Crippen LogP) is 2.50. The number of carbonyl (C=O) groups is 1. The normalized spacial score (nSPS) is 9.47. The standard InChI is InChI=1S/C13H16N2O2/c1-10(16)15-12-9-11(5-3-4-8-14)6-7-13(12)17-2/h6-7,9H,3-5H2,1-2H3,(H,15,16). The van der Waals surface area contributed by atoms with Gasteiger partial charge in [0.2, 0.25) is 5.91 Å². The molecule has 1 rings (SSSR count). The fourth-order valence-corrected chi connectivity index (χ4v) is 1.57. The maximum absolute atomic E-state index is 11.0. The van der Waals surface area contributed by atoms with Crippen LogP contribution in [-0.4, -0.2) is 13.0 Å². The fourth-order valence-electron chi connectivity index (χ4n) is 1.57. The molecular weight excluding hydrogens is 216 g/mol. The Morgan fingerprint density at radius 1 is 1.53 bits per heavy atom. The van der Waals surface area contributed by atoms with Gasteiger partial charge in [0, 0.05) is 13.3 Å². The van der Waals surface area contributed by atoms with Crippen molar-refractivity contribution in [3.05, 3.63) is 23.8 Å². The Bertz CT molecular complexity index is 436. The van der Waals surface area contributed by atoms with E-state index >= 15 is 0 Å². The van der Waals surface area contributed by atoms with E-state index in [9.17, 15) is 4.79 Å². The molecule has 0 aliphatic rings. The number of methoxy groups -OCH3 is 1. The molecule has 0 unspecified atom stereocenters. The smallest absolute Gasteiger partial charge is 0.221 e. The molecule has 0 aliphatic heterocycles. The van der Waals surface area contributed by atoms with Gasteiger partial charge in [0.05, 0.1) is 18.9 Å². The molecule has 0 saturated heterocycles. The van der Waals surface area contributed by atoms with E-state index in [1.807, 2.05) is 18.2 Å². The van der Waals surface area contributed by atoms with E-state index in [2.05, 4.69) is 11.4 Å². The topological polar surface area (TPSA) is 62.1 Å². The Morgan fingerprint density at radius 2 is 2.29 bits per heavy atom. The predicted molar refractivity (Wildman–Crippen MR) is 65.8 cm³/mol. The first-order chi connectivity index (χ1) is 8.17. The van der Waals surface area contributed by atoms with E-state index in [1.54, 1.807) is 7.11 Å². The summed E-state index contributed by atoms with van der Waals surface area (Å²) in [6.07, 6.45) is 2.19. The van der Waals surface area contributed by atoms with E-state index in [-0.39, 0.29) is 5.91 Å². The summed E-state index contributed by atoms with van der Waals surface area (Å²) in [4.78, 5) is 11.0. The molecule has 1 aromatic carbocycles. The second-order valence-corrected chi connectivity index (χ2v) is 3.73. The molecule has 1 N–H and O–H groups in total. The lowest BCUT2D eigenvalue weighted by Gasteiger charge is -2.10. The van der Waals surface area contributed by atoms with Crippen molar-refractivity contribution >= 4 is 11.6 Å². The highest BCUT2D eigenvalue weighted by Crippen LogP contribution is 2.26. The van der Waals surface area contributed by atoms with Crippen LogP contribution in [-0.2, 0) is 11.2 Å². The second kappa shape index (κ2) is 6.54. The lowest BCUT2D eigenvalue weighted by molar-refractivity contribution is -0.114. The molecule has 0 spiro atoms. The van der Waals surface area contributed by atoms with Crippen molar-refractivity contribution in [1.29, 1.82) is 5.26 Å². The SMILES string of the molecule is COc1ccc(CCCC#N)cc1NC(C)=O. The van der Waals surface area contributed by atoms with E-state index < -0.39 is 0 Å². The number of unbranched alkanes of at least 4 members (excludes halogenated alkanes) is 1. The summed E-state index contributed by atoms with van der Waals surface area (Å²) in [5.41, 5.74) is 1.76. The van der Waals surface area contributed by atoms with Gasteiger partial charge in [-0.25, -0.2) is 0 Å². The molecule has 0 radical (unpaired) electrons. The van der Waals surface area contributed by atoms with Crippen LogP contribution >= 0.6 is 0 Å². The van der Waals surface area contributed by atoms with Gasteiger partial charge in [-0.15, -0.1) is 0 Å². The number of ether oxygens (including phenoxy) is 1. The second-order valence-electron chi connectivity index (χ2n) is 3.73. The Hall–Kier alpha value is -2.02. The van der Waals surface area contributed by atoms with E-state index in [4.69, 9.17) is 10.00 Å². The molecule has 0 fully saturated rings. The highest BCUT2D eigenvalue weighted by atomic mass is 16.5. The van der Waals surface area contributed by atoms with Crippen molar-refractivity contribution in [1.82, 2.24) is 0 Å². The third-order valence-corrected chi connectivity index (χ3v) is 2.33. The number of hydrogen-bond acceptors (Lipinski definition) is 3. The van der Waals surface area contributed by atoms with Gasteiger partial charge in [-0.05, 0) is 30.5 Å². The van der Waals surface area contributed by atoms with Crippen LogP contribution in [0.4, 0.5) is 5.69 Å². The lowest BCUT2D eigenvalue weighted by Crippen LogP contribution is -2.07. The minimum atomic E-state index is -0.127. The highest BCUT2D eigenvalue weighted by molar-refractivity contribution is 5.90. The number of nitriles is 1. The zero-order chi connectivity index (χ0) is 12.7. The number of benzene rings is 1. The van der Waals surface area contributed by atoms with Crippen LogP contribution in [0.5, 0.6) is 5.75 Å². The molecule has 0 heterocycles. The quantitative estimate of drug-likeness (QED) is 0.793. The first-order valence-corrected chi connectivity index (χ1v) is 5.49. The number of amides is 1. The molecule has 4 heteroatoms. The Balaban J connectivity index is 2.81. The minimum absolute atomic E-state index is 0.127. The molecule has 1 amide bonds. The average molecular weight is 232 g/mol. The molecule has 1 aromatic rings. The van der Waals surface area contributed by atoms with Gasteiger partial charge in [0.1, 0.15) is 5.75 Å². The molecule has 0 atom stereocenters. The van der Waals surface area contributed by atoms with Crippen molar-refractivity contribution in [3.63, 3.8) is 0 Å².